The minimum atomic E-state index is -0.340. The van der Waals surface area contributed by atoms with Crippen LogP contribution in [0.15, 0.2) is 18.2 Å². The minimum Gasteiger partial charge on any atom is -0.337 e. The van der Waals surface area contributed by atoms with E-state index in [0.29, 0.717) is 18.2 Å². The molecule has 0 radical (unpaired) electrons. The second-order valence-corrected chi connectivity index (χ2v) is 5.92. The van der Waals surface area contributed by atoms with E-state index in [-0.39, 0.29) is 11.7 Å². The molecule has 1 aliphatic rings. The zero-order chi connectivity index (χ0) is 15.2. The molecule has 0 spiro atoms. The van der Waals surface area contributed by atoms with Crippen molar-refractivity contribution in [2.75, 3.05) is 19.6 Å². The lowest BCUT2D eigenvalue weighted by Crippen LogP contribution is -2.41. The maximum atomic E-state index is 13.5. The number of amides is 1. The van der Waals surface area contributed by atoms with Crippen LogP contribution in [-0.4, -0.2) is 36.5 Å². The molecule has 0 saturated carbocycles. The van der Waals surface area contributed by atoms with Crippen molar-refractivity contribution in [1.29, 1.82) is 0 Å². The molecule has 1 N–H and O–H groups in total. The zero-order valence-corrected chi connectivity index (χ0v) is 13.0. The predicted molar refractivity (Wildman–Crippen MR) is 83.0 cm³/mol. The first-order valence-electron chi connectivity index (χ1n) is 7.90. The number of rotatable bonds is 6. The average Bonchev–Trinajstić information content (AvgIpc) is 2.94. The van der Waals surface area contributed by atoms with Gasteiger partial charge in [0.1, 0.15) is 5.82 Å². The summed E-state index contributed by atoms with van der Waals surface area (Å²) in [5.74, 6) is -0.396. The average molecular weight is 292 g/mol. The summed E-state index contributed by atoms with van der Waals surface area (Å²) >= 11 is 0. The highest BCUT2D eigenvalue weighted by Gasteiger charge is 2.22. The van der Waals surface area contributed by atoms with Gasteiger partial charge in [-0.1, -0.05) is 13.3 Å². The highest BCUT2D eigenvalue weighted by atomic mass is 19.1. The van der Waals surface area contributed by atoms with Crippen molar-refractivity contribution in [3.8, 4) is 0 Å². The molecule has 0 aliphatic carbocycles. The molecule has 0 bridgehead atoms. The van der Waals surface area contributed by atoms with E-state index in [1.165, 1.54) is 18.6 Å². The fraction of sp³-hybridized carbons (Fsp3) is 0.588. The van der Waals surface area contributed by atoms with Crippen LogP contribution in [0.4, 0.5) is 4.39 Å². The summed E-state index contributed by atoms with van der Waals surface area (Å²) in [5, 5.41) is 3.42. The van der Waals surface area contributed by atoms with Gasteiger partial charge in [-0.05, 0) is 56.5 Å². The third kappa shape index (κ3) is 4.53. The van der Waals surface area contributed by atoms with Gasteiger partial charge in [0.25, 0.3) is 5.91 Å². The number of nitrogens with one attached hydrogen (secondary N) is 1. The molecule has 1 heterocycles. The fourth-order valence-corrected chi connectivity index (χ4v) is 2.85. The van der Waals surface area contributed by atoms with Crippen LogP contribution in [0.25, 0.3) is 0 Å². The van der Waals surface area contributed by atoms with Gasteiger partial charge < -0.3 is 10.2 Å². The molecule has 1 aliphatic heterocycles. The first-order valence-corrected chi connectivity index (χ1v) is 7.90. The van der Waals surface area contributed by atoms with Crippen molar-refractivity contribution >= 4 is 5.91 Å². The van der Waals surface area contributed by atoms with E-state index in [1.807, 2.05) is 11.8 Å². The summed E-state index contributed by atoms with van der Waals surface area (Å²) in [6.07, 6.45) is 4.30. The number of benzene rings is 1. The van der Waals surface area contributed by atoms with E-state index >= 15 is 0 Å². The standard InChI is InChI=1S/C17H25FN2O/c1-3-4-8-20(12-16-6-5-7-19-16)17(21)14-9-13(2)10-15(18)11-14/h9-11,16,19H,3-8,12H2,1-2H3. The summed E-state index contributed by atoms with van der Waals surface area (Å²) in [7, 11) is 0. The maximum absolute atomic E-state index is 13.5. The van der Waals surface area contributed by atoms with Crippen LogP contribution in [0, 0.1) is 12.7 Å². The van der Waals surface area contributed by atoms with Crippen molar-refractivity contribution in [3.63, 3.8) is 0 Å². The molecule has 4 heteroatoms. The van der Waals surface area contributed by atoms with Gasteiger partial charge >= 0.3 is 0 Å². The van der Waals surface area contributed by atoms with Crippen molar-refractivity contribution in [2.24, 2.45) is 0 Å². The third-order valence-electron chi connectivity index (χ3n) is 3.96. The molecule has 1 unspecified atom stereocenters. The Kier molecular flexibility index (Phi) is 5.74. The quantitative estimate of drug-likeness (QED) is 0.873. The predicted octanol–water partition coefficient (Wildman–Crippen LogP) is 3.13. The summed E-state index contributed by atoms with van der Waals surface area (Å²) in [6.45, 7) is 6.41. The Morgan fingerprint density at radius 2 is 2.24 bits per heavy atom. The van der Waals surface area contributed by atoms with Gasteiger partial charge in [-0.3, -0.25) is 4.79 Å². The zero-order valence-electron chi connectivity index (χ0n) is 13.0. The first kappa shape index (κ1) is 16.0. The molecule has 116 valence electrons. The molecule has 2 rings (SSSR count). The van der Waals surface area contributed by atoms with Crippen molar-refractivity contribution in [3.05, 3.63) is 35.1 Å². The smallest absolute Gasteiger partial charge is 0.254 e. The van der Waals surface area contributed by atoms with Gasteiger partial charge in [0, 0.05) is 24.7 Å². The van der Waals surface area contributed by atoms with Gasteiger partial charge in [0.15, 0.2) is 0 Å². The Labute approximate surface area is 126 Å². The maximum Gasteiger partial charge on any atom is 0.254 e. The largest absolute Gasteiger partial charge is 0.337 e. The van der Waals surface area contributed by atoms with E-state index in [9.17, 15) is 9.18 Å². The van der Waals surface area contributed by atoms with Crippen LogP contribution in [0.5, 0.6) is 0 Å². The Hall–Kier alpha value is -1.42. The second-order valence-electron chi connectivity index (χ2n) is 5.92. The summed E-state index contributed by atoms with van der Waals surface area (Å²) in [4.78, 5) is 14.6. The van der Waals surface area contributed by atoms with Crippen LogP contribution >= 0.6 is 0 Å². The number of aryl methyl sites for hydroxylation is 1. The topological polar surface area (TPSA) is 32.3 Å². The summed E-state index contributed by atoms with van der Waals surface area (Å²) in [5.41, 5.74) is 1.24. The van der Waals surface area contributed by atoms with Crippen LogP contribution in [0.2, 0.25) is 0 Å². The molecule has 21 heavy (non-hydrogen) atoms. The monoisotopic (exact) mass is 292 g/mol. The molecule has 1 amide bonds. The van der Waals surface area contributed by atoms with E-state index in [4.69, 9.17) is 0 Å². The van der Waals surface area contributed by atoms with Gasteiger partial charge in [-0.15, -0.1) is 0 Å². The number of nitrogens with zero attached hydrogens (tertiary/aromatic N) is 1. The number of hydrogen-bond donors (Lipinski definition) is 1. The lowest BCUT2D eigenvalue weighted by atomic mass is 10.1. The van der Waals surface area contributed by atoms with E-state index in [0.717, 1.165) is 37.9 Å². The number of carbonyl (C=O) groups excluding carboxylic acids is 1. The minimum absolute atomic E-state index is 0.0558. The number of halogens is 1. The Morgan fingerprint density at radius 1 is 1.43 bits per heavy atom. The SMILES string of the molecule is CCCCN(CC1CCCN1)C(=O)c1cc(C)cc(F)c1. The molecule has 1 aromatic carbocycles. The fourth-order valence-electron chi connectivity index (χ4n) is 2.85. The second kappa shape index (κ2) is 7.55. The molecular weight excluding hydrogens is 267 g/mol. The van der Waals surface area contributed by atoms with E-state index < -0.39 is 0 Å². The molecule has 0 aromatic heterocycles. The first-order chi connectivity index (χ1) is 10.1. The number of carbonyl (C=O) groups is 1. The summed E-state index contributed by atoms with van der Waals surface area (Å²) < 4.78 is 13.5. The van der Waals surface area contributed by atoms with Crippen molar-refractivity contribution < 1.29 is 9.18 Å². The number of unbranched alkanes of at least 4 members (excludes halogenated alkanes) is 1. The Morgan fingerprint density at radius 3 is 2.86 bits per heavy atom. The molecule has 3 nitrogen and oxygen atoms in total. The lowest BCUT2D eigenvalue weighted by Gasteiger charge is -2.26. The van der Waals surface area contributed by atoms with Crippen molar-refractivity contribution in [1.82, 2.24) is 10.2 Å². The van der Waals surface area contributed by atoms with Crippen LogP contribution in [0.1, 0.15) is 48.5 Å². The van der Waals surface area contributed by atoms with Crippen molar-refractivity contribution in [2.45, 2.75) is 45.6 Å². The van der Waals surface area contributed by atoms with Gasteiger partial charge in [0.05, 0.1) is 0 Å². The summed E-state index contributed by atoms with van der Waals surface area (Å²) in [6, 6.07) is 4.94. The normalized spacial score (nSPS) is 18.0. The van der Waals surface area contributed by atoms with E-state index in [1.54, 1.807) is 6.07 Å². The molecule has 1 aromatic rings. The number of hydrogen-bond acceptors (Lipinski definition) is 2. The van der Waals surface area contributed by atoms with Gasteiger partial charge in [0.2, 0.25) is 0 Å². The van der Waals surface area contributed by atoms with Crippen LogP contribution < -0.4 is 5.32 Å². The molecule has 1 fully saturated rings. The van der Waals surface area contributed by atoms with Crippen LogP contribution in [-0.2, 0) is 0 Å². The van der Waals surface area contributed by atoms with E-state index in [2.05, 4.69) is 12.2 Å². The Balaban J connectivity index is 2.11. The highest BCUT2D eigenvalue weighted by Crippen LogP contribution is 2.14. The highest BCUT2D eigenvalue weighted by molar-refractivity contribution is 5.94. The third-order valence-corrected chi connectivity index (χ3v) is 3.96. The lowest BCUT2D eigenvalue weighted by molar-refractivity contribution is 0.0739. The van der Waals surface area contributed by atoms with Gasteiger partial charge in [-0.2, -0.15) is 0 Å². The van der Waals surface area contributed by atoms with Crippen LogP contribution in [0.3, 0.4) is 0 Å². The van der Waals surface area contributed by atoms with Gasteiger partial charge in [-0.25, -0.2) is 4.39 Å². The molecule has 1 saturated heterocycles. The molecule has 1 atom stereocenters. The Bertz CT molecular complexity index is 463. The molecular formula is C17H25FN2O.